The van der Waals surface area contributed by atoms with E-state index in [9.17, 15) is 8.42 Å². The number of hydrogen-bond acceptors (Lipinski definition) is 3. The fourth-order valence-corrected chi connectivity index (χ4v) is 2.74. The molecule has 0 aliphatic heterocycles. The third-order valence-electron chi connectivity index (χ3n) is 3.18. The number of aryl methyl sites for hydroxylation is 3. The highest BCUT2D eigenvalue weighted by atomic mass is 35.7. The van der Waals surface area contributed by atoms with E-state index in [-0.39, 0.29) is 5.03 Å². The quantitative estimate of drug-likeness (QED) is 0.819. The summed E-state index contributed by atoms with van der Waals surface area (Å²) in [6.45, 7) is 6.42. The van der Waals surface area contributed by atoms with Crippen molar-refractivity contribution in [2.24, 2.45) is 0 Å². The first-order valence-corrected chi connectivity index (χ1v) is 8.13. The Morgan fingerprint density at radius 2 is 1.79 bits per heavy atom. The van der Waals surface area contributed by atoms with E-state index in [4.69, 9.17) is 10.7 Å². The van der Waals surface area contributed by atoms with Gasteiger partial charge >= 0.3 is 0 Å². The van der Waals surface area contributed by atoms with Crippen LogP contribution in [0.2, 0.25) is 0 Å². The maximum atomic E-state index is 11.3. The highest BCUT2D eigenvalue weighted by Crippen LogP contribution is 2.19. The molecule has 1 aromatic heterocycles. The number of halogens is 1. The molecular weight excluding hydrogens is 284 g/mol. The van der Waals surface area contributed by atoms with Gasteiger partial charge in [-0.15, -0.1) is 0 Å². The third kappa shape index (κ3) is 2.98. The van der Waals surface area contributed by atoms with Crippen LogP contribution in [-0.4, -0.2) is 18.0 Å². The maximum Gasteiger partial charge on any atom is 0.280 e. The zero-order chi connectivity index (χ0) is 14.2. The van der Waals surface area contributed by atoms with Crippen LogP contribution in [0.3, 0.4) is 0 Å². The van der Waals surface area contributed by atoms with Crippen LogP contribution in [-0.2, 0) is 15.6 Å². The molecular formula is C13H15ClN2O2S. The second kappa shape index (κ2) is 4.98. The van der Waals surface area contributed by atoms with Gasteiger partial charge in [0.1, 0.15) is 5.82 Å². The van der Waals surface area contributed by atoms with Crippen molar-refractivity contribution in [2.75, 3.05) is 0 Å². The summed E-state index contributed by atoms with van der Waals surface area (Å²) in [5.74, 6) is 0.627. The molecule has 0 atom stereocenters. The first-order chi connectivity index (χ1) is 8.79. The van der Waals surface area contributed by atoms with Gasteiger partial charge in [-0.2, -0.15) is 0 Å². The van der Waals surface area contributed by atoms with Crippen LogP contribution < -0.4 is 0 Å². The number of benzene rings is 1. The number of aromatic nitrogens is 2. The molecule has 4 nitrogen and oxygen atoms in total. The summed E-state index contributed by atoms with van der Waals surface area (Å²) >= 11 is 0. The summed E-state index contributed by atoms with van der Waals surface area (Å²) in [4.78, 5) is 3.98. The zero-order valence-electron chi connectivity index (χ0n) is 11.0. The van der Waals surface area contributed by atoms with Crippen molar-refractivity contribution in [3.8, 4) is 0 Å². The van der Waals surface area contributed by atoms with Crippen molar-refractivity contribution in [3.05, 3.63) is 46.9 Å². The van der Waals surface area contributed by atoms with Crippen molar-refractivity contribution in [2.45, 2.75) is 32.3 Å². The molecule has 0 radical (unpaired) electrons. The lowest BCUT2D eigenvalue weighted by molar-refractivity contribution is 0.606. The first kappa shape index (κ1) is 14.1. The Morgan fingerprint density at radius 3 is 2.26 bits per heavy atom. The number of rotatable bonds is 3. The minimum atomic E-state index is -3.78. The summed E-state index contributed by atoms with van der Waals surface area (Å²) in [6, 6.07) is 6.07. The molecule has 0 aliphatic rings. The molecule has 2 rings (SSSR count). The summed E-state index contributed by atoms with van der Waals surface area (Å²) in [5.41, 5.74) is 3.51. The maximum absolute atomic E-state index is 11.3. The lowest BCUT2D eigenvalue weighted by Gasteiger charge is -2.11. The minimum absolute atomic E-state index is 0.0992. The first-order valence-electron chi connectivity index (χ1n) is 5.82. The molecule has 102 valence electrons. The molecule has 0 fully saturated rings. The van der Waals surface area contributed by atoms with Gasteiger partial charge in [0.05, 0.1) is 0 Å². The summed E-state index contributed by atoms with van der Waals surface area (Å²) in [7, 11) is 1.53. The number of nitrogens with zero attached hydrogens (tertiary/aromatic N) is 2. The van der Waals surface area contributed by atoms with Crippen LogP contribution in [0.25, 0.3) is 0 Å². The monoisotopic (exact) mass is 298 g/mol. The SMILES string of the molecule is Cc1cccc(C)c1Cn1cc(S(=O)(=O)Cl)nc1C. The molecule has 0 unspecified atom stereocenters. The Labute approximate surface area is 117 Å². The zero-order valence-corrected chi connectivity index (χ0v) is 12.6. The summed E-state index contributed by atoms with van der Waals surface area (Å²) in [5, 5.41) is -0.0992. The lowest BCUT2D eigenvalue weighted by Crippen LogP contribution is -2.04. The van der Waals surface area contributed by atoms with E-state index in [1.54, 1.807) is 11.5 Å². The predicted octanol–water partition coefficient (Wildman–Crippen LogP) is 2.78. The van der Waals surface area contributed by atoms with E-state index in [0.717, 1.165) is 0 Å². The predicted molar refractivity (Wildman–Crippen MR) is 75.0 cm³/mol. The van der Waals surface area contributed by atoms with Gasteiger partial charge in [0, 0.05) is 23.4 Å². The normalized spacial score (nSPS) is 11.8. The standard InChI is InChI=1S/C13H15ClN2O2S/c1-9-5-4-6-10(2)12(9)7-16-8-13(15-11(16)3)19(14,17)18/h4-6,8H,7H2,1-3H3. The van der Waals surface area contributed by atoms with Crippen LogP contribution in [0.5, 0.6) is 0 Å². The second-order valence-corrected chi connectivity index (χ2v) is 7.08. The van der Waals surface area contributed by atoms with Gasteiger partial charge in [-0.1, -0.05) is 18.2 Å². The lowest BCUT2D eigenvalue weighted by atomic mass is 10.0. The Kier molecular flexibility index (Phi) is 3.69. The van der Waals surface area contributed by atoms with E-state index in [1.807, 2.05) is 32.0 Å². The summed E-state index contributed by atoms with van der Waals surface area (Å²) < 4.78 is 24.3. The van der Waals surface area contributed by atoms with Crippen molar-refractivity contribution in [1.29, 1.82) is 0 Å². The Hall–Kier alpha value is -1.33. The number of imidazole rings is 1. The highest BCUT2D eigenvalue weighted by molar-refractivity contribution is 8.13. The molecule has 0 N–H and O–H groups in total. The van der Waals surface area contributed by atoms with Crippen LogP contribution in [0, 0.1) is 20.8 Å². The van der Waals surface area contributed by atoms with E-state index in [1.165, 1.54) is 22.9 Å². The molecule has 0 bridgehead atoms. The van der Waals surface area contributed by atoms with Gasteiger partial charge in [-0.3, -0.25) is 0 Å². The van der Waals surface area contributed by atoms with Crippen molar-refractivity contribution >= 4 is 19.7 Å². The van der Waals surface area contributed by atoms with E-state index in [0.29, 0.717) is 12.4 Å². The van der Waals surface area contributed by atoms with Gasteiger partial charge in [-0.25, -0.2) is 13.4 Å². The van der Waals surface area contributed by atoms with Gasteiger partial charge in [-0.05, 0) is 37.5 Å². The second-order valence-electron chi connectivity index (χ2n) is 4.56. The van der Waals surface area contributed by atoms with Crippen molar-refractivity contribution in [1.82, 2.24) is 9.55 Å². The smallest absolute Gasteiger partial charge is 0.280 e. The van der Waals surface area contributed by atoms with Crippen molar-refractivity contribution in [3.63, 3.8) is 0 Å². The molecule has 2 aromatic rings. The molecule has 0 saturated carbocycles. The molecule has 19 heavy (non-hydrogen) atoms. The minimum Gasteiger partial charge on any atom is -0.329 e. The number of hydrogen-bond donors (Lipinski definition) is 0. The molecule has 0 saturated heterocycles. The van der Waals surface area contributed by atoms with Gasteiger partial charge in [0.15, 0.2) is 5.03 Å². The topological polar surface area (TPSA) is 52.0 Å². The van der Waals surface area contributed by atoms with Gasteiger partial charge in [0.2, 0.25) is 0 Å². The van der Waals surface area contributed by atoms with Gasteiger partial charge < -0.3 is 4.57 Å². The van der Waals surface area contributed by atoms with E-state index < -0.39 is 9.05 Å². The van der Waals surface area contributed by atoms with Gasteiger partial charge in [0.25, 0.3) is 9.05 Å². The molecule has 1 aromatic carbocycles. The fourth-order valence-electron chi connectivity index (χ4n) is 2.03. The highest BCUT2D eigenvalue weighted by Gasteiger charge is 2.16. The van der Waals surface area contributed by atoms with E-state index in [2.05, 4.69) is 4.98 Å². The summed E-state index contributed by atoms with van der Waals surface area (Å²) in [6.07, 6.45) is 1.48. The average molecular weight is 299 g/mol. The van der Waals surface area contributed by atoms with E-state index >= 15 is 0 Å². The Morgan fingerprint density at radius 1 is 1.21 bits per heavy atom. The molecule has 0 spiro atoms. The van der Waals surface area contributed by atoms with Crippen LogP contribution in [0.4, 0.5) is 0 Å². The third-order valence-corrected chi connectivity index (χ3v) is 4.35. The molecule has 1 heterocycles. The van der Waals surface area contributed by atoms with Crippen LogP contribution in [0.15, 0.2) is 29.4 Å². The largest absolute Gasteiger partial charge is 0.329 e. The molecule has 0 aliphatic carbocycles. The van der Waals surface area contributed by atoms with Crippen molar-refractivity contribution < 1.29 is 8.42 Å². The Balaban J connectivity index is 2.42. The Bertz CT molecular complexity index is 700. The van der Waals surface area contributed by atoms with Crippen LogP contribution in [0.1, 0.15) is 22.5 Å². The average Bonchev–Trinajstić information content (AvgIpc) is 2.65. The van der Waals surface area contributed by atoms with Crippen LogP contribution >= 0.6 is 10.7 Å². The fraction of sp³-hybridized carbons (Fsp3) is 0.308. The molecule has 0 amide bonds. The molecule has 6 heteroatoms.